The van der Waals surface area contributed by atoms with E-state index < -0.39 is 36.7 Å². The molecule has 15 heavy (non-hydrogen) atoms. The predicted octanol–water partition coefficient (Wildman–Crippen LogP) is -4.77. The maximum Gasteiger partial charge on any atom is 0.317 e. The standard InChI is InChI=1S/C6H16N4O5/c7-3(13)6(4(8)14,5(9)15)10-1-2(11)12/h3-5,10,13-15H,1,7-9H2,(H,11,12). The van der Waals surface area contributed by atoms with Gasteiger partial charge in [-0.05, 0) is 0 Å². The van der Waals surface area contributed by atoms with Crippen molar-refractivity contribution in [3.05, 3.63) is 0 Å². The number of hydrogen-bond acceptors (Lipinski definition) is 8. The van der Waals surface area contributed by atoms with E-state index in [-0.39, 0.29) is 0 Å². The van der Waals surface area contributed by atoms with E-state index in [1.54, 1.807) is 0 Å². The third-order valence-electron chi connectivity index (χ3n) is 2.01. The second kappa shape index (κ2) is 5.32. The van der Waals surface area contributed by atoms with Gasteiger partial charge in [0.15, 0.2) is 0 Å². The molecule has 0 radical (unpaired) electrons. The van der Waals surface area contributed by atoms with Gasteiger partial charge >= 0.3 is 5.97 Å². The zero-order chi connectivity index (χ0) is 12.2. The Labute approximate surface area is 85.5 Å². The first-order valence-corrected chi connectivity index (χ1v) is 4.03. The highest BCUT2D eigenvalue weighted by atomic mass is 16.4. The fourth-order valence-corrected chi connectivity index (χ4v) is 1.07. The number of carboxylic acids is 1. The molecule has 0 aromatic rings. The van der Waals surface area contributed by atoms with Gasteiger partial charge in [0.1, 0.15) is 24.2 Å². The average molecular weight is 224 g/mol. The summed E-state index contributed by atoms with van der Waals surface area (Å²) in [7, 11) is 0. The molecule has 0 rings (SSSR count). The SMILES string of the molecule is NC(O)C(NCC(=O)O)(C(N)O)C(N)O. The van der Waals surface area contributed by atoms with Crippen LogP contribution in [-0.2, 0) is 4.79 Å². The third-order valence-corrected chi connectivity index (χ3v) is 2.01. The fourth-order valence-electron chi connectivity index (χ4n) is 1.07. The van der Waals surface area contributed by atoms with Crippen LogP contribution in [0.3, 0.4) is 0 Å². The van der Waals surface area contributed by atoms with Crippen LogP contribution in [0.5, 0.6) is 0 Å². The van der Waals surface area contributed by atoms with Crippen LogP contribution >= 0.6 is 0 Å². The number of nitrogens with one attached hydrogen (secondary N) is 1. The number of carbonyl (C=O) groups is 1. The first-order chi connectivity index (χ1) is 6.75. The van der Waals surface area contributed by atoms with Gasteiger partial charge in [-0.25, -0.2) is 0 Å². The highest BCUT2D eigenvalue weighted by Gasteiger charge is 2.46. The summed E-state index contributed by atoms with van der Waals surface area (Å²) in [5, 5.41) is 38.0. The third kappa shape index (κ3) is 3.07. The molecule has 0 aromatic heterocycles. The Morgan fingerprint density at radius 2 is 1.47 bits per heavy atom. The molecule has 0 aliphatic carbocycles. The van der Waals surface area contributed by atoms with Crippen LogP contribution < -0.4 is 22.5 Å². The summed E-state index contributed by atoms with van der Waals surface area (Å²) in [5.74, 6) is -1.29. The largest absolute Gasteiger partial charge is 0.480 e. The van der Waals surface area contributed by atoms with Crippen LogP contribution in [0.15, 0.2) is 0 Å². The van der Waals surface area contributed by atoms with E-state index in [9.17, 15) is 4.79 Å². The first-order valence-electron chi connectivity index (χ1n) is 4.03. The lowest BCUT2D eigenvalue weighted by Gasteiger charge is -2.40. The Balaban J connectivity index is 4.88. The molecule has 0 amide bonds. The molecule has 0 aliphatic heterocycles. The Morgan fingerprint density at radius 1 is 1.13 bits per heavy atom. The highest BCUT2D eigenvalue weighted by Crippen LogP contribution is 2.13. The van der Waals surface area contributed by atoms with Crippen LogP contribution in [-0.4, -0.2) is 57.2 Å². The van der Waals surface area contributed by atoms with E-state index in [4.69, 9.17) is 37.6 Å². The van der Waals surface area contributed by atoms with Crippen molar-refractivity contribution in [2.24, 2.45) is 17.2 Å². The molecular formula is C6H16N4O5. The van der Waals surface area contributed by atoms with Gasteiger partial charge in [0.2, 0.25) is 0 Å². The maximum absolute atomic E-state index is 10.3. The Morgan fingerprint density at radius 3 is 1.67 bits per heavy atom. The molecule has 0 aliphatic rings. The summed E-state index contributed by atoms with van der Waals surface area (Å²) in [6.07, 6.45) is -5.51. The summed E-state index contributed by atoms with van der Waals surface area (Å²) >= 11 is 0. The Kier molecular flexibility index (Phi) is 5.03. The van der Waals surface area contributed by atoms with E-state index in [2.05, 4.69) is 5.32 Å². The van der Waals surface area contributed by atoms with Crippen LogP contribution in [0.1, 0.15) is 0 Å². The van der Waals surface area contributed by atoms with E-state index in [1.165, 1.54) is 0 Å². The fraction of sp³-hybridized carbons (Fsp3) is 0.833. The number of rotatable bonds is 6. The van der Waals surface area contributed by atoms with Gasteiger partial charge in [0.25, 0.3) is 0 Å². The molecule has 9 nitrogen and oxygen atoms in total. The molecule has 0 saturated heterocycles. The number of aliphatic carboxylic acids is 1. The van der Waals surface area contributed by atoms with Crippen molar-refractivity contribution in [3.8, 4) is 0 Å². The van der Waals surface area contributed by atoms with E-state index in [0.29, 0.717) is 0 Å². The number of hydrogen-bond donors (Lipinski definition) is 8. The second-order valence-electron chi connectivity index (χ2n) is 3.01. The first kappa shape index (κ1) is 14.2. The maximum atomic E-state index is 10.3. The van der Waals surface area contributed by atoms with Crippen molar-refractivity contribution in [1.82, 2.24) is 5.32 Å². The molecule has 9 heteroatoms. The molecule has 0 bridgehead atoms. The zero-order valence-corrected chi connectivity index (χ0v) is 7.87. The van der Waals surface area contributed by atoms with Gasteiger partial charge in [-0.15, -0.1) is 0 Å². The zero-order valence-electron chi connectivity index (χ0n) is 7.87. The molecule has 3 atom stereocenters. The lowest BCUT2D eigenvalue weighted by atomic mass is 9.93. The van der Waals surface area contributed by atoms with Gasteiger partial charge in [0, 0.05) is 0 Å². The minimum Gasteiger partial charge on any atom is -0.480 e. The van der Waals surface area contributed by atoms with Crippen molar-refractivity contribution in [2.45, 2.75) is 24.2 Å². The number of nitrogens with two attached hydrogens (primary N) is 3. The van der Waals surface area contributed by atoms with Gasteiger partial charge in [-0.2, -0.15) is 0 Å². The molecule has 3 unspecified atom stereocenters. The quantitative estimate of drug-likeness (QED) is 0.205. The van der Waals surface area contributed by atoms with Crippen molar-refractivity contribution >= 4 is 5.97 Å². The summed E-state index contributed by atoms with van der Waals surface area (Å²) in [6, 6.07) is 0. The Bertz CT molecular complexity index is 198. The van der Waals surface area contributed by atoms with E-state index >= 15 is 0 Å². The van der Waals surface area contributed by atoms with Gasteiger partial charge < -0.3 is 37.6 Å². The molecule has 0 spiro atoms. The summed E-state index contributed by atoms with van der Waals surface area (Å²) < 4.78 is 0. The normalized spacial score (nSPS) is 21.5. The van der Waals surface area contributed by atoms with Gasteiger partial charge in [-0.1, -0.05) is 0 Å². The minimum atomic E-state index is -2.10. The average Bonchev–Trinajstić information content (AvgIpc) is 2.02. The monoisotopic (exact) mass is 224 g/mol. The molecule has 0 heterocycles. The van der Waals surface area contributed by atoms with Crippen molar-refractivity contribution in [1.29, 1.82) is 0 Å². The molecular weight excluding hydrogens is 208 g/mol. The molecule has 11 N–H and O–H groups in total. The van der Waals surface area contributed by atoms with Crippen LogP contribution in [0, 0.1) is 0 Å². The van der Waals surface area contributed by atoms with Crippen LogP contribution in [0.4, 0.5) is 0 Å². The summed E-state index contributed by atoms with van der Waals surface area (Å²) in [5.41, 5.74) is 13.1. The summed E-state index contributed by atoms with van der Waals surface area (Å²) in [6.45, 7) is -0.684. The van der Waals surface area contributed by atoms with Crippen LogP contribution in [0.25, 0.3) is 0 Å². The highest BCUT2D eigenvalue weighted by molar-refractivity contribution is 5.69. The van der Waals surface area contributed by atoms with Gasteiger partial charge in [-0.3, -0.25) is 10.1 Å². The van der Waals surface area contributed by atoms with E-state index in [1.807, 2.05) is 0 Å². The van der Waals surface area contributed by atoms with Gasteiger partial charge in [0.05, 0.1) is 6.54 Å². The predicted molar refractivity (Wildman–Crippen MR) is 49.0 cm³/mol. The minimum absolute atomic E-state index is 0.684. The Hall–Kier alpha value is -0.810. The number of aliphatic hydroxyl groups is 3. The second-order valence-corrected chi connectivity index (χ2v) is 3.01. The van der Waals surface area contributed by atoms with E-state index in [0.717, 1.165) is 0 Å². The summed E-state index contributed by atoms with van der Waals surface area (Å²) in [4.78, 5) is 10.3. The van der Waals surface area contributed by atoms with Crippen molar-refractivity contribution in [2.75, 3.05) is 6.54 Å². The van der Waals surface area contributed by atoms with Crippen LogP contribution in [0.2, 0.25) is 0 Å². The topological polar surface area (TPSA) is 188 Å². The lowest BCUT2D eigenvalue weighted by molar-refractivity contribution is -0.139. The molecule has 90 valence electrons. The number of aliphatic hydroxyl groups excluding tert-OH is 3. The molecule has 0 fully saturated rings. The van der Waals surface area contributed by atoms with Crippen molar-refractivity contribution in [3.63, 3.8) is 0 Å². The lowest BCUT2D eigenvalue weighted by Crippen LogP contribution is -2.76. The molecule has 0 aromatic carbocycles. The van der Waals surface area contributed by atoms with Crippen molar-refractivity contribution < 1.29 is 25.2 Å². The smallest absolute Gasteiger partial charge is 0.317 e. The number of carboxylic acid groups (broad SMARTS) is 1. The molecule has 0 saturated carbocycles.